The van der Waals surface area contributed by atoms with E-state index in [1.165, 1.54) is 161 Å². The van der Waals surface area contributed by atoms with Gasteiger partial charge in [-0.1, -0.05) is 154 Å². The van der Waals surface area contributed by atoms with Gasteiger partial charge in [-0.3, -0.25) is 0 Å². The second-order valence-corrected chi connectivity index (χ2v) is 14.1. The van der Waals surface area contributed by atoms with Crippen LogP contribution in [0, 0.1) is 0 Å². The maximum Gasteiger partial charge on any atom is 0.500 e. The molecule has 5 heteroatoms. The molecular weight excluding hydrogens is 462 g/mol. The predicted octanol–water partition coefficient (Wildman–Crippen LogP) is 9.97. The minimum atomic E-state index is -2.34. The molecular formula is C31H67NO3Si. The van der Waals surface area contributed by atoms with E-state index in [-0.39, 0.29) is 0 Å². The first-order valence-corrected chi connectivity index (χ1v) is 18.0. The Morgan fingerprint density at radius 3 is 0.722 bits per heavy atom. The molecule has 0 aliphatic rings. The maximum absolute atomic E-state index is 5.54. The van der Waals surface area contributed by atoms with Gasteiger partial charge in [-0.05, 0) is 19.4 Å². The molecule has 0 fully saturated rings. The summed E-state index contributed by atoms with van der Waals surface area (Å²) in [6.45, 7) is 0.868. The SMILES string of the molecule is CO[Si](CCCCCCCCCCCCCCCCCCCCCCCCCCCCN)(OC)OC. The number of nitrogens with two attached hydrogens (primary N) is 1. The van der Waals surface area contributed by atoms with Crippen molar-refractivity contribution in [2.45, 2.75) is 173 Å². The quantitative estimate of drug-likeness (QED) is 0.0717. The highest BCUT2D eigenvalue weighted by atomic mass is 28.4. The van der Waals surface area contributed by atoms with Crippen LogP contribution in [0.1, 0.15) is 167 Å². The summed E-state index contributed by atoms with van der Waals surface area (Å²) in [5, 5.41) is 0. The lowest BCUT2D eigenvalue weighted by atomic mass is 10.0. The van der Waals surface area contributed by atoms with Crippen molar-refractivity contribution in [1.82, 2.24) is 0 Å². The van der Waals surface area contributed by atoms with Crippen LogP contribution in [0.2, 0.25) is 6.04 Å². The number of hydrogen-bond acceptors (Lipinski definition) is 4. The Kier molecular flexibility index (Phi) is 29.7. The van der Waals surface area contributed by atoms with Crippen LogP contribution in [0.4, 0.5) is 0 Å². The van der Waals surface area contributed by atoms with Gasteiger partial charge in [-0.15, -0.1) is 0 Å². The van der Waals surface area contributed by atoms with E-state index in [1.807, 2.05) is 0 Å². The van der Waals surface area contributed by atoms with E-state index in [2.05, 4.69) is 0 Å². The summed E-state index contributed by atoms with van der Waals surface area (Å²) in [7, 11) is 2.78. The zero-order chi connectivity index (χ0) is 26.4. The zero-order valence-corrected chi connectivity index (χ0v) is 26.1. The van der Waals surface area contributed by atoms with Crippen molar-refractivity contribution in [2.75, 3.05) is 27.9 Å². The van der Waals surface area contributed by atoms with Gasteiger partial charge < -0.3 is 19.0 Å². The van der Waals surface area contributed by atoms with E-state index in [4.69, 9.17) is 19.0 Å². The fourth-order valence-corrected chi connectivity index (χ4v) is 7.08. The third kappa shape index (κ3) is 24.4. The van der Waals surface area contributed by atoms with E-state index in [0.29, 0.717) is 0 Å². The Bertz CT molecular complexity index is 399. The van der Waals surface area contributed by atoms with Gasteiger partial charge in [0.15, 0.2) is 0 Å². The van der Waals surface area contributed by atoms with Crippen molar-refractivity contribution in [3.63, 3.8) is 0 Å². The zero-order valence-electron chi connectivity index (χ0n) is 25.1. The van der Waals surface area contributed by atoms with Crippen molar-refractivity contribution in [2.24, 2.45) is 5.73 Å². The molecule has 0 atom stereocenters. The molecule has 0 radical (unpaired) electrons. The van der Waals surface area contributed by atoms with Crippen LogP contribution in [0.25, 0.3) is 0 Å². The van der Waals surface area contributed by atoms with Gasteiger partial charge in [0.05, 0.1) is 0 Å². The standard InChI is InChI=1S/C31H67NO3Si/c1-33-36(34-2,35-3)31-29-27-25-23-21-19-17-15-13-11-9-7-5-4-6-8-10-12-14-16-18-20-22-24-26-28-30-32/h4-32H2,1-3H3. The summed E-state index contributed by atoms with van der Waals surface area (Å²) >= 11 is 0. The molecule has 0 spiro atoms. The fraction of sp³-hybridized carbons (Fsp3) is 1.00. The van der Waals surface area contributed by atoms with E-state index < -0.39 is 8.80 Å². The lowest BCUT2D eigenvalue weighted by molar-refractivity contribution is 0.122. The van der Waals surface area contributed by atoms with Crippen LogP contribution in [-0.4, -0.2) is 36.7 Å². The first kappa shape index (κ1) is 36.1. The number of unbranched alkanes of at least 4 members (excludes halogenated alkanes) is 25. The van der Waals surface area contributed by atoms with Crippen LogP contribution in [-0.2, 0) is 13.3 Å². The van der Waals surface area contributed by atoms with Crippen LogP contribution in [0.3, 0.4) is 0 Å². The van der Waals surface area contributed by atoms with Gasteiger partial charge in [0, 0.05) is 27.4 Å². The summed E-state index contributed by atoms with van der Waals surface area (Å²) in [5.41, 5.74) is 5.54. The van der Waals surface area contributed by atoms with E-state index in [0.717, 1.165) is 19.0 Å². The fourth-order valence-electron chi connectivity index (χ4n) is 5.28. The normalized spacial score (nSPS) is 12.0. The summed E-state index contributed by atoms with van der Waals surface area (Å²) < 4.78 is 16.5. The Labute approximate surface area is 228 Å². The summed E-state index contributed by atoms with van der Waals surface area (Å²) in [4.78, 5) is 0. The summed E-state index contributed by atoms with van der Waals surface area (Å²) in [5.74, 6) is 0. The molecule has 0 heterocycles. The molecule has 0 unspecified atom stereocenters. The van der Waals surface area contributed by atoms with Crippen molar-refractivity contribution in [3.8, 4) is 0 Å². The molecule has 0 aliphatic carbocycles. The predicted molar refractivity (Wildman–Crippen MR) is 161 cm³/mol. The molecule has 36 heavy (non-hydrogen) atoms. The average Bonchev–Trinajstić information content (AvgIpc) is 2.91. The highest BCUT2D eigenvalue weighted by Crippen LogP contribution is 2.19. The topological polar surface area (TPSA) is 53.7 Å². The molecule has 0 aliphatic heterocycles. The Balaban J connectivity index is 3.13. The van der Waals surface area contributed by atoms with E-state index in [1.54, 1.807) is 21.3 Å². The third-order valence-corrected chi connectivity index (χ3v) is 10.7. The second-order valence-electron chi connectivity index (χ2n) is 11.0. The Morgan fingerprint density at radius 2 is 0.528 bits per heavy atom. The van der Waals surface area contributed by atoms with Crippen LogP contribution < -0.4 is 5.73 Å². The lowest BCUT2D eigenvalue weighted by Crippen LogP contribution is -2.42. The average molecular weight is 530 g/mol. The molecule has 0 aromatic heterocycles. The largest absolute Gasteiger partial charge is 0.500 e. The molecule has 0 aromatic carbocycles. The first-order valence-electron chi connectivity index (χ1n) is 16.1. The van der Waals surface area contributed by atoms with Crippen LogP contribution in [0.5, 0.6) is 0 Å². The van der Waals surface area contributed by atoms with Crippen LogP contribution in [0.15, 0.2) is 0 Å². The minimum absolute atomic E-state index is 0.868. The highest BCUT2D eigenvalue weighted by molar-refractivity contribution is 6.60. The van der Waals surface area contributed by atoms with Gasteiger partial charge in [0.2, 0.25) is 0 Å². The molecule has 0 rings (SSSR count). The molecule has 0 aromatic rings. The van der Waals surface area contributed by atoms with Crippen molar-refractivity contribution in [3.05, 3.63) is 0 Å². The minimum Gasteiger partial charge on any atom is -0.377 e. The second kappa shape index (κ2) is 29.6. The molecule has 0 bridgehead atoms. The van der Waals surface area contributed by atoms with Gasteiger partial charge in [0.25, 0.3) is 0 Å². The van der Waals surface area contributed by atoms with Gasteiger partial charge in [-0.25, -0.2) is 0 Å². The number of hydrogen-bond donors (Lipinski definition) is 1. The number of rotatable bonds is 31. The summed E-state index contributed by atoms with van der Waals surface area (Å²) in [6.07, 6.45) is 36.6. The van der Waals surface area contributed by atoms with Gasteiger partial charge in [0.1, 0.15) is 0 Å². The van der Waals surface area contributed by atoms with E-state index >= 15 is 0 Å². The van der Waals surface area contributed by atoms with Gasteiger partial charge >= 0.3 is 8.80 Å². The molecule has 0 saturated heterocycles. The van der Waals surface area contributed by atoms with Crippen molar-refractivity contribution < 1.29 is 13.3 Å². The van der Waals surface area contributed by atoms with E-state index in [9.17, 15) is 0 Å². The molecule has 218 valence electrons. The van der Waals surface area contributed by atoms with Crippen LogP contribution >= 0.6 is 0 Å². The highest BCUT2D eigenvalue weighted by Gasteiger charge is 2.36. The lowest BCUT2D eigenvalue weighted by Gasteiger charge is -2.24. The molecule has 0 amide bonds. The molecule has 2 N–H and O–H groups in total. The Hall–Kier alpha value is 0.0569. The first-order chi connectivity index (χ1) is 17.7. The van der Waals surface area contributed by atoms with Gasteiger partial charge in [-0.2, -0.15) is 0 Å². The smallest absolute Gasteiger partial charge is 0.377 e. The molecule has 4 nitrogen and oxygen atoms in total. The molecule has 0 saturated carbocycles. The summed E-state index contributed by atoms with van der Waals surface area (Å²) in [6, 6.07) is 0.938. The third-order valence-electron chi connectivity index (χ3n) is 7.87. The monoisotopic (exact) mass is 529 g/mol. The Morgan fingerprint density at radius 1 is 0.333 bits per heavy atom. The van der Waals surface area contributed by atoms with Crippen molar-refractivity contribution in [1.29, 1.82) is 0 Å². The van der Waals surface area contributed by atoms with Crippen molar-refractivity contribution >= 4 is 8.80 Å². The maximum atomic E-state index is 5.54.